The van der Waals surface area contributed by atoms with Gasteiger partial charge < -0.3 is 9.52 Å². The Morgan fingerprint density at radius 3 is 2.63 bits per heavy atom. The third kappa shape index (κ3) is 3.24. The molecule has 0 saturated heterocycles. The number of carboxylic acids is 1. The molecule has 2 aromatic rings. The maximum absolute atomic E-state index is 12.1. The summed E-state index contributed by atoms with van der Waals surface area (Å²) in [5, 5.41) is 8.73. The van der Waals surface area contributed by atoms with Gasteiger partial charge in [0.1, 0.15) is 17.8 Å². The van der Waals surface area contributed by atoms with Crippen LogP contribution in [0, 0.1) is 0 Å². The van der Waals surface area contributed by atoms with Crippen molar-refractivity contribution < 1.29 is 22.7 Å². The van der Waals surface area contributed by atoms with Crippen LogP contribution >= 0.6 is 15.9 Å². The maximum Gasteiger partial charge on any atom is 0.338 e. The molecule has 0 amide bonds. The van der Waals surface area contributed by atoms with Crippen LogP contribution in [0.4, 0.5) is 0 Å². The second kappa shape index (κ2) is 5.18. The van der Waals surface area contributed by atoms with E-state index in [1.165, 1.54) is 18.2 Å². The molecule has 1 heterocycles. The van der Waals surface area contributed by atoms with E-state index in [1.54, 1.807) is 12.1 Å². The fourth-order valence-corrected chi connectivity index (χ4v) is 3.34. The second-order valence-corrected chi connectivity index (χ2v) is 6.73. The summed E-state index contributed by atoms with van der Waals surface area (Å²) < 4.78 is 29.8. The number of aromatic carboxylic acids is 1. The first-order valence-corrected chi connectivity index (χ1v) is 7.62. The van der Waals surface area contributed by atoms with Gasteiger partial charge in [0, 0.05) is 4.47 Å². The Kier molecular flexibility index (Phi) is 3.77. The minimum absolute atomic E-state index is 0.0700. The van der Waals surface area contributed by atoms with E-state index in [-0.39, 0.29) is 22.0 Å². The van der Waals surface area contributed by atoms with E-state index in [1.807, 2.05) is 0 Å². The predicted octanol–water partition coefficient (Wildman–Crippen LogP) is 2.71. The molecule has 0 bridgehead atoms. The van der Waals surface area contributed by atoms with Gasteiger partial charge in [-0.3, -0.25) is 0 Å². The van der Waals surface area contributed by atoms with Crippen molar-refractivity contribution in [2.75, 3.05) is 0 Å². The SMILES string of the molecule is O=C(O)c1coc(CS(=O)(=O)c2cccc(Br)c2)c1. The third-order valence-electron chi connectivity index (χ3n) is 2.39. The van der Waals surface area contributed by atoms with Crippen molar-refractivity contribution in [1.82, 2.24) is 0 Å². The van der Waals surface area contributed by atoms with Crippen molar-refractivity contribution in [3.8, 4) is 0 Å². The summed E-state index contributed by atoms with van der Waals surface area (Å²) in [6, 6.07) is 7.49. The molecule has 0 aliphatic carbocycles. The van der Waals surface area contributed by atoms with Crippen LogP contribution in [0.2, 0.25) is 0 Å². The van der Waals surface area contributed by atoms with Gasteiger partial charge >= 0.3 is 5.97 Å². The molecule has 0 saturated carbocycles. The maximum atomic E-state index is 12.1. The van der Waals surface area contributed by atoms with Crippen molar-refractivity contribution in [3.63, 3.8) is 0 Å². The lowest BCUT2D eigenvalue weighted by Gasteiger charge is -2.02. The molecule has 0 aliphatic rings. The largest absolute Gasteiger partial charge is 0.478 e. The van der Waals surface area contributed by atoms with E-state index >= 15 is 0 Å². The minimum Gasteiger partial charge on any atom is -0.478 e. The highest BCUT2D eigenvalue weighted by Gasteiger charge is 2.19. The molecule has 100 valence electrons. The molecule has 0 fully saturated rings. The molecule has 0 spiro atoms. The quantitative estimate of drug-likeness (QED) is 0.921. The number of rotatable bonds is 4. The average molecular weight is 345 g/mol. The molecule has 1 N–H and O–H groups in total. The fourth-order valence-electron chi connectivity index (χ4n) is 1.50. The van der Waals surface area contributed by atoms with E-state index in [0.717, 1.165) is 6.26 Å². The van der Waals surface area contributed by atoms with Crippen molar-refractivity contribution >= 4 is 31.7 Å². The molecule has 5 nitrogen and oxygen atoms in total. The summed E-state index contributed by atoms with van der Waals surface area (Å²) >= 11 is 3.20. The number of halogens is 1. The number of benzene rings is 1. The Hall–Kier alpha value is -1.60. The van der Waals surface area contributed by atoms with Crippen LogP contribution in [0.3, 0.4) is 0 Å². The Morgan fingerprint density at radius 1 is 1.32 bits per heavy atom. The van der Waals surface area contributed by atoms with Crippen LogP contribution in [-0.2, 0) is 15.6 Å². The van der Waals surface area contributed by atoms with Gasteiger partial charge in [0.2, 0.25) is 0 Å². The van der Waals surface area contributed by atoms with E-state index in [2.05, 4.69) is 15.9 Å². The Balaban J connectivity index is 2.28. The number of sulfone groups is 1. The number of hydrogen-bond acceptors (Lipinski definition) is 4. The van der Waals surface area contributed by atoms with Gasteiger partial charge in [-0.2, -0.15) is 0 Å². The number of furan rings is 1. The highest BCUT2D eigenvalue weighted by molar-refractivity contribution is 9.10. The van der Waals surface area contributed by atoms with Gasteiger partial charge in [-0.25, -0.2) is 13.2 Å². The monoisotopic (exact) mass is 344 g/mol. The lowest BCUT2D eigenvalue weighted by atomic mass is 10.3. The summed E-state index contributed by atoms with van der Waals surface area (Å²) in [6.45, 7) is 0. The first kappa shape index (κ1) is 13.8. The van der Waals surface area contributed by atoms with Crippen LogP contribution < -0.4 is 0 Å². The first-order chi connectivity index (χ1) is 8.88. The highest BCUT2D eigenvalue weighted by Crippen LogP contribution is 2.21. The minimum atomic E-state index is -3.56. The second-order valence-electron chi connectivity index (χ2n) is 3.82. The zero-order chi connectivity index (χ0) is 14.0. The number of carboxylic acid groups (broad SMARTS) is 1. The summed E-state index contributed by atoms with van der Waals surface area (Å²) in [6.07, 6.45) is 1.02. The summed E-state index contributed by atoms with van der Waals surface area (Å²) in [5.41, 5.74) is -0.0700. The van der Waals surface area contributed by atoms with Gasteiger partial charge in [-0.15, -0.1) is 0 Å². The molecule has 2 rings (SSSR count). The first-order valence-electron chi connectivity index (χ1n) is 5.17. The molecular formula is C12H9BrO5S. The molecule has 1 aromatic carbocycles. The van der Waals surface area contributed by atoms with Gasteiger partial charge in [0.15, 0.2) is 9.84 Å². The third-order valence-corrected chi connectivity index (χ3v) is 4.52. The molecule has 19 heavy (non-hydrogen) atoms. The summed E-state index contributed by atoms with van der Waals surface area (Å²) in [7, 11) is -3.56. The van der Waals surface area contributed by atoms with Crippen LogP contribution in [0.1, 0.15) is 16.1 Å². The summed E-state index contributed by atoms with van der Waals surface area (Å²) in [4.78, 5) is 10.8. The number of carbonyl (C=O) groups is 1. The molecular weight excluding hydrogens is 336 g/mol. The standard InChI is InChI=1S/C12H9BrO5S/c13-9-2-1-3-11(5-9)19(16,17)7-10-4-8(6-18-10)12(14)15/h1-6H,7H2,(H,14,15). The molecule has 0 unspecified atom stereocenters. The zero-order valence-corrected chi connectivity index (χ0v) is 11.9. The fraction of sp³-hybridized carbons (Fsp3) is 0.0833. The summed E-state index contributed by atoms with van der Waals surface area (Å²) in [5.74, 6) is -1.44. The molecule has 0 atom stereocenters. The van der Waals surface area contributed by atoms with Crippen molar-refractivity contribution in [2.45, 2.75) is 10.6 Å². The lowest BCUT2D eigenvalue weighted by Crippen LogP contribution is -2.04. The Bertz CT molecular complexity index is 717. The predicted molar refractivity (Wildman–Crippen MR) is 70.7 cm³/mol. The van der Waals surface area contributed by atoms with Crippen molar-refractivity contribution in [1.29, 1.82) is 0 Å². The van der Waals surface area contributed by atoms with Crippen molar-refractivity contribution in [3.05, 3.63) is 52.4 Å². The number of hydrogen-bond donors (Lipinski definition) is 1. The smallest absolute Gasteiger partial charge is 0.338 e. The van der Waals surface area contributed by atoms with Gasteiger partial charge in [-0.1, -0.05) is 22.0 Å². The normalized spacial score (nSPS) is 11.4. The van der Waals surface area contributed by atoms with Gasteiger partial charge in [-0.05, 0) is 24.3 Å². The van der Waals surface area contributed by atoms with Crippen LogP contribution in [0.25, 0.3) is 0 Å². The van der Waals surface area contributed by atoms with Gasteiger partial charge in [0.25, 0.3) is 0 Å². The van der Waals surface area contributed by atoms with E-state index in [0.29, 0.717) is 4.47 Å². The van der Waals surface area contributed by atoms with E-state index in [4.69, 9.17) is 9.52 Å². The van der Waals surface area contributed by atoms with E-state index in [9.17, 15) is 13.2 Å². The molecule has 0 radical (unpaired) electrons. The van der Waals surface area contributed by atoms with Crippen molar-refractivity contribution in [2.24, 2.45) is 0 Å². The molecule has 0 aliphatic heterocycles. The van der Waals surface area contributed by atoms with Crippen LogP contribution in [0.5, 0.6) is 0 Å². The van der Waals surface area contributed by atoms with E-state index < -0.39 is 15.8 Å². The Labute approximate surface area is 117 Å². The molecule has 1 aromatic heterocycles. The van der Waals surface area contributed by atoms with Crippen LogP contribution in [-0.4, -0.2) is 19.5 Å². The zero-order valence-electron chi connectivity index (χ0n) is 9.54. The van der Waals surface area contributed by atoms with Crippen LogP contribution in [0.15, 0.2) is 50.4 Å². The highest BCUT2D eigenvalue weighted by atomic mass is 79.9. The molecule has 7 heteroatoms. The topological polar surface area (TPSA) is 84.6 Å². The van der Waals surface area contributed by atoms with Gasteiger partial charge in [0.05, 0.1) is 10.5 Å². The Morgan fingerprint density at radius 2 is 2.05 bits per heavy atom. The average Bonchev–Trinajstić information content (AvgIpc) is 2.77. The lowest BCUT2D eigenvalue weighted by molar-refractivity contribution is 0.0696.